The molecule has 0 fully saturated rings. The summed E-state index contributed by atoms with van der Waals surface area (Å²) in [4.78, 5) is 25.2. The second-order valence-corrected chi connectivity index (χ2v) is 5.35. The molecule has 2 heterocycles. The summed E-state index contributed by atoms with van der Waals surface area (Å²) in [5.41, 5.74) is 4.89. The SMILES string of the molecule is Cc1cccnc1NC(=O)Nc1ccc2nc(C)c(C)nc2c1. The van der Waals surface area contributed by atoms with Gasteiger partial charge < -0.3 is 5.32 Å². The van der Waals surface area contributed by atoms with Crippen molar-refractivity contribution in [1.82, 2.24) is 15.0 Å². The lowest BCUT2D eigenvalue weighted by atomic mass is 10.2. The first-order valence-electron chi connectivity index (χ1n) is 7.27. The van der Waals surface area contributed by atoms with Crippen LogP contribution in [0.15, 0.2) is 36.5 Å². The number of hydrogen-bond acceptors (Lipinski definition) is 4. The van der Waals surface area contributed by atoms with Gasteiger partial charge in [0.05, 0.1) is 22.4 Å². The largest absolute Gasteiger partial charge is 0.324 e. The van der Waals surface area contributed by atoms with Crippen LogP contribution in [0.25, 0.3) is 11.0 Å². The number of aryl methyl sites for hydroxylation is 3. The third kappa shape index (κ3) is 3.26. The standard InChI is InChI=1S/C17H17N5O/c1-10-5-4-8-18-16(10)22-17(23)21-13-6-7-14-15(9-13)20-12(3)11(2)19-14/h4-9H,1-3H3,(H2,18,21,22,23). The molecule has 0 atom stereocenters. The molecule has 2 aromatic heterocycles. The normalized spacial score (nSPS) is 10.6. The van der Waals surface area contributed by atoms with E-state index in [2.05, 4.69) is 25.6 Å². The summed E-state index contributed by atoms with van der Waals surface area (Å²) in [6.45, 7) is 5.73. The number of anilines is 2. The van der Waals surface area contributed by atoms with Gasteiger partial charge in [0.2, 0.25) is 0 Å². The molecule has 0 spiro atoms. The fourth-order valence-corrected chi connectivity index (χ4v) is 2.19. The van der Waals surface area contributed by atoms with E-state index in [9.17, 15) is 4.79 Å². The van der Waals surface area contributed by atoms with Crippen molar-refractivity contribution in [3.63, 3.8) is 0 Å². The zero-order chi connectivity index (χ0) is 16.4. The molecule has 0 unspecified atom stereocenters. The van der Waals surface area contributed by atoms with Crippen molar-refractivity contribution in [2.45, 2.75) is 20.8 Å². The maximum absolute atomic E-state index is 12.1. The van der Waals surface area contributed by atoms with Crippen LogP contribution in [0.4, 0.5) is 16.3 Å². The number of carbonyl (C=O) groups excluding carboxylic acids is 1. The fourth-order valence-electron chi connectivity index (χ4n) is 2.19. The van der Waals surface area contributed by atoms with E-state index < -0.39 is 0 Å². The Bertz CT molecular complexity index is 891. The molecule has 1 aromatic carbocycles. The third-order valence-corrected chi connectivity index (χ3v) is 3.57. The Balaban J connectivity index is 1.80. The summed E-state index contributed by atoms with van der Waals surface area (Å²) in [6, 6.07) is 8.82. The first-order valence-corrected chi connectivity index (χ1v) is 7.27. The third-order valence-electron chi connectivity index (χ3n) is 3.57. The highest BCUT2D eigenvalue weighted by molar-refractivity contribution is 6.00. The number of benzene rings is 1. The lowest BCUT2D eigenvalue weighted by Gasteiger charge is -2.09. The summed E-state index contributed by atoms with van der Waals surface area (Å²) in [5, 5.41) is 5.52. The molecule has 3 aromatic rings. The number of urea groups is 1. The average Bonchev–Trinajstić information content (AvgIpc) is 2.51. The number of nitrogens with one attached hydrogen (secondary N) is 2. The van der Waals surface area contributed by atoms with Crippen molar-refractivity contribution < 1.29 is 4.79 Å². The molecule has 0 radical (unpaired) electrons. The molecule has 0 aliphatic carbocycles. The second kappa shape index (κ2) is 6.00. The summed E-state index contributed by atoms with van der Waals surface area (Å²) >= 11 is 0. The van der Waals surface area contributed by atoms with Gasteiger partial charge in [0.1, 0.15) is 5.82 Å². The average molecular weight is 307 g/mol. The van der Waals surface area contributed by atoms with E-state index in [0.717, 1.165) is 28.0 Å². The molecular weight excluding hydrogens is 290 g/mol. The molecule has 3 rings (SSSR count). The van der Waals surface area contributed by atoms with Crippen molar-refractivity contribution >= 4 is 28.6 Å². The van der Waals surface area contributed by atoms with Crippen LogP contribution in [0, 0.1) is 20.8 Å². The summed E-state index contributed by atoms with van der Waals surface area (Å²) in [6.07, 6.45) is 1.64. The van der Waals surface area contributed by atoms with E-state index in [1.54, 1.807) is 18.3 Å². The Morgan fingerprint density at radius 3 is 2.43 bits per heavy atom. The number of nitrogens with zero attached hydrogens (tertiary/aromatic N) is 3. The van der Waals surface area contributed by atoms with E-state index in [-0.39, 0.29) is 6.03 Å². The number of hydrogen-bond donors (Lipinski definition) is 2. The van der Waals surface area contributed by atoms with Gasteiger partial charge >= 0.3 is 6.03 Å². The quantitative estimate of drug-likeness (QED) is 0.758. The monoisotopic (exact) mass is 307 g/mol. The van der Waals surface area contributed by atoms with Crippen LogP contribution in [-0.4, -0.2) is 21.0 Å². The predicted molar refractivity (Wildman–Crippen MR) is 90.6 cm³/mol. The minimum Gasteiger partial charge on any atom is -0.308 e. The van der Waals surface area contributed by atoms with Crippen molar-refractivity contribution in [3.05, 3.63) is 53.5 Å². The van der Waals surface area contributed by atoms with Gasteiger partial charge in [0.15, 0.2) is 0 Å². The number of amides is 2. The number of carbonyl (C=O) groups is 1. The van der Waals surface area contributed by atoms with Gasteiger partial charge in [-0.3, -0.25) is 5.32 Å². The molecule has 0 bridgehead atoms. The van der Waals surface area contributed by atoms with Crippen molar-refractivity contribution in [2.24, 2.45) is 0 Å². The Morgan fingerprint density at radius 2 is 1.70 bits per heavy atom. The lowest BCUT2D eigenvalue weighted by Crippen LogP contribution is -2.20. The van der Waals surface area contributed by atoms with E-state index >= 15 is 0 Å². The highest BCUT2D eigenvalue weighted by Crippen LogP contribution is 2.18. The first-order chi connectivity index (χ1) is 11.0. The Kier molecular flexibility index (Phi) is 3.89. The van der Waals surface area contributed by atoms with E-state index in [1.165, 1.54) is 0 Å². The molecule has 6 nitrogen and oxygen atoms in total. The van der Waals surface area contributed by atoms with Gasteiger partial charge in [-0.15, -0.1) is 0 Å². The molecule has 0 saturated heterocycles. The highest BCUT2D eigenvalue weighted by atomic mass is 16.2. The van der Waals surface area contributed by atoms with Gasteiger partial charge in [-0.2, -0.15) is 0 Å². The fraction of sp³-hybridized carbons (Fsp3) is 0.176. The van der Waals surface area contributed by atoms with E-state index in [0.29, 0.717) is 11.5 Å². The number of aromatic nitrogens is 3. The zero-order valence-corrected chi connectivity index (χ0v) is 13.2. The predicted octanol–water partition coefficient (Wildman–Crippen LogP) is 3.59. The van der Waals surface area contributed by atoms with Crippen LogP contribution in [-0.2, 0) is 0 Å². The number of fused-ring (bicyclic) bond motifs is 1. The zero-order valence-electron chi connectivity index (χ0n) is 13.2. The summed E-state index contributed by atoms with van der Waals surface area (Å²) < 4.78 is 0. The number of rotatable bonds is 2. The summed E-state index contributed by atoms with van der Waals surface area (Å²) in [5.74, 6) is 0.539. The highest BCUT2D eigenvalue weighted by Gasteiger charge is 2.07. The van der Waals surface area contributed by atoms with Gasteiger partial charge in [0.25, 0.3) is 0 Å². The molecular formula is C17H17N5O. The Morgan fingerprint density at radius 1 is 0.957 bits per heavy atom. The first kappa shape index (κ1) is 14.9. The molecule has 116 valence electrons. The van der Waals surface area contributed by atoms with Crippen LogP contribution >= 0.6 is 0 Å². The maximum Gasteiger partial charge on any atom is 0.324 e. The smallest absolute Gasteiger partial charge is 0.308 e. The van der Waals surface area contributed by atoms with Crippen LogP contribution in [0.3, 0.4) is 0 Å². The maximum atomic E-state index is 12.1. The molecule has 0 saturated carbocycles. The molecule has 6 heteroatoms. The van der Waals surface area contributed by atoms with Crippen LogP contribution in [0.1, 0.15) is 17.0 Å². The minimum atomic E-state index is -0.344. The van der Waals surface area contributed by atoms with Crippen LogP contribution in [0.2, 0.25) is 0 Å². The number of pyridine rings is 1. The van der Waals surface area contributed by atoms with Crippen molar-refractivity contribution in [1.29, 1.82) is 0 Å². The van der Waals surface area contributed by atoms with Gasteiger partial charge in [-0.25, -0.2) is 19.7 Å². The van der Waals surface area contributed by atoms with Gasteiger partial charge in [-0.1, -0.05) is 6.07 Å². The van der Waals surface area contributed by atoms with Crippen LogP contribution < -0.4 is 10.6 Å². The molecule has 23 heavy (non-hydrogen) atoms. The van der Waals surface area contributed by atoms with Gasteiger partial charge in [0, 0.05) is 11.9 Å². The van der Waals surface area contributed by atoms with Gasteiger partial charge in [-0.05, 0) is 50.6 Å². The topological polar surface area (TPSA) is 79.8 Å². The lowest BCUT2D eigenvalue weighted by molar-refractivity contribution is 0.262. The molecule has 0 aliphatic rings. The molecule has 0 aliphatic heterocycles. The second-order valence-electron chi connectivity index (χ2n) is 5.35. The summed E-state index contributed by atoms with van der Waals surface area (Å²) in [7, 11) is 0. The Labute approximate surface area is 134 Å². The van der Waals surface area contributed by atoms with E-state index in [4.69, 9.17) is 0 Å². The molecule has 2 amide bonds. The Hall–Kier alpha value is -3.02. The van der Waals surface area contributed by atoms with Crippen molar-refractivity contribution in [2.75, 3.05) is 10.6 Å². The van der Waals surface area contributed by atoms with Crippen molar-refractivity contribution in [3.8, 4) is 0 Å². The van der Waals surface area contributed by atoms with Crippen LogP contribution in [0.5, 0.6) is 0 Å². The van der Waals surface area contributed by atoms with E-state index in [1.807, 2.05) is 39.0 Å². The minimum absolute atomic E-state index is 0.344. The molecule has 2 N–H and O–H groups in total.